The van der Waals surface area contributed by atoms with E-state index in [1.54, 1.807) is 31.4 Å². The van der Waals surface area contributed by atoms with Crippen molar-refractivity contribution in [3.05, 3.63) is 75.7 Å². The summed E-state index contributed by atoms with van der Waals surface area (Å²) in [5.74, 6) is -0.421. The zero-order valence-corrected chi connectivity index (χ0v) is 14.9. The molecule has 7 nitrogen and oxygen atoms in total. The smallest absolute Gasteiger partial charge is 0.294 e. The van der Waals surface area contributed by atoms with E-state index in [9.17, 15) is 14.7 Å². The number of ether oxygens (including phenoxy) is 1. The normalized spacial score (nSPS) is 10.4. The number of hydrogen-bond acceptors (Lipinski definition) is 5. The van der Waals surface area contributed by atoms with Crippen molar-refractivity contribution < 1.29 is 14.6 Å². The molecule has 3 rings (SSSR count). The molecule has 27 heavy (non-hydrogen) atoms. The van der Waals surface area contributed by atoms with Crippen molar-refractivity contribution in [3.63, 3.8) is 0 Å². The summed E-state index contributed by atoms with van der Waals surface area (Å²) < 4.78 is 5.09. The number of carbonyl (C=O) groups is 1. The molecule has 0 bridgehead atoms. The Labute approximate surface area is 155 Å². The van der Waals surface area contributed by atoms with Crippen molar-refractivity contribution >= 4 is 5.91 Å². The van der Waals surface area contributed by atoms with Crippen LogP contribution >= 0.6 is 0 Å². The molecule has 0 unspecified atom stereocenters. The second-order valence-electron chi connectivity index (χ2n) is 6.01. The van der Waals surface area contributed by atoms with Gasteiger partial charge in [-0.1, -0.05) is 42.0 Å². The van der Waals surface area contributed by atoms with Gasteiger partial charge in [-0.25, -0.2) is 4.98 Å². The molecule has 0 fully saturated rings. The number of carbonyl (C=O) groups excluding carboxylic acids is 1. The molecule has 3 aromatic rings. The molecule has 0 saturated heterocycles. The third-order valence-corrected chi connectivity index (χ3v) is 4.05. The van der Waals surface area contributed by atoms with E-state index in [1.165, 1.54) is 0 Å². The molecular formula is C20H19N3O4. The Morgan fingerprint density at radius 2 is 1.81 bits per heavy atom. The van der Waals surface area contributed by atoms with Gasteiger partial charge in [-0.3, -0.25) is 9.59 Å². The van der Waals surface area contributed by atoms with E-state index in [0.717, 1.165) is 11.1 Å². The highest BCUT2D eigenvalue weighted by Crippen LogP contribution is 2.18. The topological polar surface area (TPSA) is 104 Å². The van der Waals surface area contributed by atoms with Crippen LogP contribution in [-0.4, -0.2) is 28.1 Å². The highest BCUT2D eigenvalue weighted by Gasteiger charge is 2.18. The Balaban J connectivity index is 1.82. The zero-order valence-electron chi connectivity index (χ0n) is 14.9. The number of benzene rings is 2. The highest BCUT2D eigenvalue weighted by atomic mass is 16.5. The fourth-order valence-corrected chi connectivity index (χ4v) is 2.48. The molecule has 0 saturated carbocycles. The van der Waals surface area contributed by atoms with Crippen LogP contribution in [0.3, 0.4) is 0 Å². The van der Waals surface area contributed by atoms with E-state index >= 15 is 0 Å². The lowest BCUT2D eigenvalue weighted by Crippen LogP contribution is -2.26. The first kappa shape index (κ1) is 18.2. The maximum absolute atomic E-state index is 12.4. The number of rotatable bonds is 5. The van der Waals surface area contributed by atoms with Crippen molar-refractivity contribution in [1.29, 1.82) is 0 Å². The van der Waals surface area contributed by atoms with Gasteiger partial charge in [-0.15, -0.1) is 0 Å². The van der Waals surface area contributed by atoms with Crippen LogP contribution in [0.15, 0.2) is 53.3 Å². The molecule has 1 aromatic heterocycles. The van der Waals surface area contributed by atoms with Crippen LogP contribution < -0.4 is 15.6 Å². The number of methoxy groups -OCH3 is 1. The summed E-state index contributed by atoms with van der Waals surface area (Å²) in [5.41, 5.74) is 1.45. The maximum atomic E-state index is 12.4. The Kier molecular flexibility index (Phi) is 5.21. The second-order valence-corrected chi connectivity index (χ2v) is 6.01. The Hall–Kier alpha value is -3.61. The first-order valence-electron chi connectivity index (χ1n) is 8.29. The predicted octanol–water partition coefficient (Wildman–Crippen LogP) is 2.39. The van der Waals surface area contributed by atoms with Gasteiger partial charge in [0.2, 0.25) is 5.75 Å². The van der Waals surface area contributed by atoms with Gasteiger partial charge in [0.25, 0.3) is 11.5 Å². The average molecular weight is 365 g/mol. The van der Waals surface area contributed by atoms with Crippen molar-refractivity contribution in [2.24, 2.45) is 0 Å². The summed E-state index contributed by atoms with van der Waals surface area (Å²) in [6, 6.07) is 14.5. The number of hydrogen-bond donors (Lipinski definition) is 3. The molecular weight excluding hydrogens is 346 g/mol. The SMILES string of the molecule is COc1ccc(CNC(=O)c2nc(-c3ccc(C)cc3)[nH]c(=O)c2O)cc1. The molecule has 0 radical (unpaired) electrons. The number of aryl methyl sites for hydroxylation is 1. The lowest BCUT2D eigenvalue weighted by Gasteiger charge is -2.09. The summed E-state index contributed by atoms with van der Waals surface area (Å²) >= 11 is 0. The molecule has 0 aliphatic carbocycles. The third kappa shape index (κ3) is 4.14. The van der Waals surface area contributed by atoms with Gasteiger partial charge in [-0.2, -0.15) is 0 Å². The number of nitrogens with one attached hydrogen (secondary N) is 2. The summed E-state index contributed by atoms with van der Waals surface area (Å²) in [7, 11) is 1.57. The number of amides is 1. The number of aromatic amines is 1. The Bertz CT molecular complexity index is 1010. The van der Waals surface area contributed by atoms with Crippen molar-refractivity contribution in [3.8, 4) is 22.9 Å². The molecule has 2 aromatic carbocycles. The fourth-order valence-electron chi connectivity index (χ4n) is 2.48. The number of aromatic hydroxyl groups is 1. The van der Waals surface area contributed by atoms with Crippen LogP contribution in [0.25, 0.3) is 11.4 Å². The molecule has 0 spiro atoms. The van der Waals surface area contributed by atoms with Crippen LogP contribution in [0.1, 0.15) is 21.6 Å². The minimum Gasteiger partial charge on any atom is -0.501 e. The Morgan fingerprint density at radius 1 is 1.15 bits per heavy atom. The van der Waals surface area contributed by atoms with E-state index in [-0.39, 0.29) is 18.1 Å². The quantitative estimate of drug-likeness (QED) is 0.644. The van der Waals surface area contributed by atoms with Crippen LogP contribution in [0, 0.1) is 6.92 Å². The van der Waals surface area contributed by atoms with Crippen LogP contribution in [0.4, 0.5) is 0 Å². The van der Waals surface area contributed by atoms with Gasteiger partial charge in [-0.05, 0) is 24.6 Å². The van der Waals surface area contributed by atoms with Crippen molar-refractivity contribution in [1.82, 2.24) is 15.3 Å². The van der Waals surface area contributed by atoms with E-state index in [0.29, 0.717) is 11.3 Å². The molecule has 138 valence electrons. The van der Waals surface area contributed by atoms with Crippen molar-refractivity contribution in [2.75, 3.05) is 7.11 Å². The number of nitrogens with zero attached hydrogens (tertiary/aromatic N) is 1. The minimum absolute atomic E-state index is 0.215. The first-order valence-corrected chi connectivity index (χ1v) is 8.29. The summed E-state index contributed by atoms with van der Waals surface area (Å²) in [6.07, 6.45) is 0. The van der Waals surface area contributed by atoms with Gasteiger partial charge >= 0.3 is 0 Å². The molecule has 1 heterocycles. The number of H-pyrrole nitrogens is 1. The van der Waals surface area contributed by atoms with Crippen LogP contribution in [-0.2, 0) is 6.54 Å². The molecule has 0 atom stereocenters. The average Bonchev–Trinajstić information content (AvgIpc) is 2.69. The maximum Gasteiger partial charge on any atom is 0.294 e. The fraction of sp³-hybridized carbons (Fsp3) is 0.150. The summed E-state index contributed by atoms with van der Waals surface area (Å²) in [6.45, 7) is 2.16. The monoisotopic (exact) mass is 365 g/mol. The number of aromatic nitrogens is 2. The van der Waals surface area contributed by atoms with Gasteiger partial charge < -0.3 is 20.1 Å². The van der Waals surface area contributed by atoms with Gasteiger partial charge in [0.1, 0.15) is 11.6 Å². The highest BCUT2D eigenvalue weighted by molar-refractivity contribution is 5.95. The lowest BCUT2D eigenvalue weighted by molar-refractivity contribution is 0.0942. The van der Waals surface area contributed by atoms with E-state index < -0.39 is 17.2 Å². The van der Waals surface area contributed by atoms with E-state index in [2.05, 4.69) is 15.3 Å². The summed E-state index contributed by atoms with van der Waals surface area (Å²) in [5, 5.41) is 12.6. The second kappa shape index (κ2) is 7.74. The van der Waals surface area contributed by atoms with Gasteiger partial charge in [0.15, 0.2) is 5.69 Å². The van der Waals surface area contributed by atoms with Crippen molar-refractivity contribution in [2.45, 2.75) is 13.5 Å². The molecule has 0 aliphatic rings. The van der Waals surface area contributed by atoms with Gasteiger partial charge in [0, 0.05) is 12.1 Å². The first-order chi connectivity index (χ1) is 13.0. The molecule has 0 aliphatic heterocycles. The minimum atomic E-state index is -0.768. The largest absolute Gasteiger partial charge is 0.501 e. The molecule has 7 heteroatoms. The van der Waals surface area contributed by atoms with Gasteiger partial charge in [0.05, 0.1) is 7.11 Å². The predicted molar refractivity (Wildman–Crippen MR) is 101 cm³/mol. The van der Waals surface area contributed by atoms with E-state index in [4.69, 9.17) is 4.74 Å². The third-order valence-electron chi connectivity index (χ3n) is 4.05. The van der Waals surface area contributed by atoms with E-state index in [1.807, 2.05) is 31.2 Å². The standard InChI is InChI=1S/C20H19N3O4/c1-12-3-7-14(8-4-12)18-22-16(17(24)20(26)23-18)19(25)21-11-13-5-9-15(27-2)10-6-13/h3-10,24H,11H2,1-2H3,(H,21,25)(H,22,23,26). The summed E-state index contributed by atoms with van der Waals surface area (Å²) in [4.78, 5) is 31.1. The van der Waals surface area contributed by atoms with Crippen LogP contribution in [0.2, 0.25) is 0 Å². The molecule has 3 N–H and O–H groups in total. The Morgan fingerprint density at radius 3 is 2.44 bits per heavy atom. The molecule has 1 amide bonds. The zero-order chi connectivity index (χ0) is 19.4. The van der Waals surface area contributed by atoms with Crippen LogP contribution in [0.5, 0.6) is 11.5 Å². The lowest BCUT2D eigenvalue weighted by atomic mass is 10.1.